The number of carbonyl (C=O) groups is 1. The molecule has 0 saturated carbocycles. The molecule has 3 heterocycles. The Hall–Kier alpha value is -2.34. The third-order valence-electron chi connectivity index (χ3n) is 4.59. The average Bonchev–Trinajstić information content (AvgIpc) is 3.25. The molecule has 0 radical (unpaired) electrons. The number of aromatic amines is 1. The average molecular weight is 340 g/mol. The largest absolute Gasteiger partial charge is 0.361 e. The molecule has 0 bridgehead atoms. The molecule has 0 spiro atoms. The number of nitrogens with zero attached hydrogens (tertiary/aromatic N) is 3. The molecule has 1 aliphatic rings. The molecule has 24 heavy (non-hydrogen) atoms. The van der Waals surface area contributed by atoms with Crippen molar-refractivity contribution in [3.8, 4) is 0 Å². The van der Waals surface area contributed by atoms with E-state index in [9.17, 15) is 4.79 Å². The van der Waals surface area contributed by atoms with E-state index >= 15 is 0 Å². The van der Waals surface area contributed by atoms with Gasteiger partial charge in [0.1, 0.15) is 0 Å². The summed E-state index contributed by atoms with van der Waals surface area (Å²) in [6, 6.07) is 6.32. The van der Waals surface area contributed by atoms with Gasteiger partial charge in [0, 0.05) is 54.9 Å². The molecule has 1 aromatic carbocycles. The smallest absolute Gasteiger partial charge is 0.227 e. The van der Waals surface area contributed by atoms with E-state index < -0.39 is 0 Å². The minimum Gasteiger partial charge on any atom is -0.361 e. The summed E-state index contributed by atoms with van der Waals surface area (Å²) >= 11 is 1.65. The Balaban J connectivity index is 1.41. The van der Waals surface area contributed by atoms with Crippen LogP contribution in [0.15, 0.2) is 36.0 Å². The van der Waals surface area contributed by atoms with Crippen LogP contribution in [0.25, 0.3) is 10.9 Å². The standard InChI is InChI=1S/C18H20N4OS/c1-13-2-3-15-14(12-20-16(15)10-13)11-17(23)21-5-7-22(8-6-21)18-19-4-9-24-18/h2-4,9-10,12,20H,5-8,11H2,1H3. The zero-order valence-electron chi connectivity index (χ0n) is 13.7. The van der Waals surface area contributed by atoms with Gasteiger partial charge in [0.25, 0.3) is 0 Å². The fourth-order valence-electron chi connectivity index (χ4n) is 3.24. The van der Waals surface area contributed by atoms with Crippen molar-refractivity contribution in [2.24, 2.45) is 0 Å². The minimum absolute atomic E-state index is 0.204. The molecule has 1 aliphatic heterocycles. The number of hydrogen-bond acceptors (Lipinski definition) is 4. The van der Waals surface area contributed by atoms with Gasteiger partial charge < -0.3 is 14.8 Å². The molecule has 124 valence electrons. The maximum absolute atomic E-state index is 12.6. The second-order valence-corrected chi connectivity index (χ2v) is 7.10. The number of fused-ring (bicyclic) bond motifs is 1. The highest BCUT2D eigenvalue weighted by Crippen LogP contribution is 2.22. The Bertz CT molecular complexity index is 847. The maximum atomic E-state index is 12.6. The van der Waals surface area contributed by atoms with Crippen molar-refractivity contribution < 1.29 is 4.79 Å². The summed E-state index contributed by atoms with van der Waals surface area (Å²) in [6.07, 6.45) is 4.25. The van der Waals surface area contributed by atoms with Gasteiger partial charge in [0.15, 0.2) is 5.13 Å². The fourth-order valence-corrected chi connectivity index (χ4v) is 3.94. The van der Waals surface area contributed by atoms with Crippen molar-refractivity contribution >= 4 is 33.3 Å². The number of amides is 1. The number of piperazine rings is 1. The molecule has 0 unspecified atom stereocenters. The number of aromatic nitrogens is 2. The lowest BCUT2D eigenvalue weighted by Gasteiger charge is -2.34. The van der Waals surface area contributed by atoms with Crippen LogP contribution in [0.5, 0.6) is 0 Å². The minimum atomic E-state index is 0.204. The summed E-state index contributed by atoms with van der Waals surface area (Å²) in [5.74, 6) is 0.204. The van der Waals surface area contributed by atoms with Crippen LogP contribution >= 0.6 is 11.3 Å². The lowest BCUT2D eigenvalue weighted by atomic mass is 10.1. The first-order valence-corrected chi connectivity index (χ1v) is 9.07. The summed E-state index contributed by atoms with van der Waals surface area (Å²) in [5.41, 5.74) is 3.41. The normalized spacial score (nSPS) is 15.2. The predicted octanol–water partition coefficient (Wildman–Crippen LogP) is 2.82. The number of benzene rings is 1. The maximum Gasteiger partial charge on any atom is 0.227 e. The van der Waals surface area contributed by atoms with Gasteiger partial charge in [-0.3, -0.25) is 4.79 Å². The molecule has 2 aromatic heterocycles. The molecular weight excluding hydrogens is 320 g/mol. The van der Waals surface area contributed by atoms with Gasteiger partial charge >= 0.3 is 0 Å². The van der Waals surface area contributed by atoms with E-state index in [2.05, 4.69) is 40.0 Å². The first-order valence-electron chi connectivity index (χ1n) is 8.19. The molecule has 1 saturated heterocycles. The zero-order valence-corrected chi connectivity index (χ0v) is 14.5. The van der Waals surface area contributed by atoms with E-state index in [4.69, 9.17) is 0 Å². The number of rotatable bonds is 3. The number of carbonyl (C=O) groups excluding carboxylic acids is 1. The Morgan fingerprint density at radius 3 is 2.88 bits per heavy atom. The number of thiazole rings is 1. The topological polar surface area (TPSA) is 52.2 Å². The summed E-state index contributed by atoms with van der Waals surface area (Å²) < 4.78 is 0. The Morgan fingerprint density at radius 2 is 2.12 bits per heavy atom. The Labute approximate surface area is 144 Å². The summed E-state index contributed by atoms with van der Waals surface area (Å²) in [6.45, 7) is 5.31. The first-order chi connectivity index (χ1) is 11.7. The number of nitrogens with one attached hydrogen (secondary N) is 1. The van der Waals surface area contributed by atoms with Gasteiger partial charge in [-0.25, -0.2) is 4.98 Å². The van der Waals surface area contributed by atoms with E-state index in [1.807, 2.05) is 22.7 Å². The molecule has 3 aromatic rings. The molecule has 1 fully saturated rings. The van der Waals surface area contributed by atoms with Crippen LogP contribution < -0.4 is 4.90 Å². The van der Waals surface area contributed by atoms with Crippen LogP contribution in [0, 0.1) is 6.92 Å². The lowest BCUT2D eigenvalue weighted by molar-refractivity contribution is -0.130. The molecular formula is C18H20N4OS. The second-order valence-electron chi connectivity index (χ2n) is 6.22. The van der Waals surface area contributed by atoms with Crippen LogP contribution in [0.4, 0.5) is 5.13 Å². The lowest BCUT2D eigenvalue weighted by Crippen LogP contribution is -2.49. The van der Waals surface area contributed by atoms with Gasteiger partial charge in [-0.15, -0.1) is 11.3 Å². The molecule has 4 rings (SSSR count). The quantitative estimate of drug-likeness (QED) is 0.798. The van der Waals surface area contributed by atoms with E-state index in [-0.39, 0.29) is 5.91 Å². The molecule has 0 atom stereocenters. The fraction of sp³-hybridized carbons (Fsp3) is 0.333. The van der Waals surface area contributed by atoms with Gasteiger partial charge in [0.2, 0.25) is 5.91 Å². The predicted molar refractivity (Wildman–Crippen MR) is 97.6 cm³/mol. The van der Waals surface area contributed by atoms with Crippen LogP contribution in [0.2, 0.25) is 0 Å². The van der Waals surface area contributed by atoms with Crippen molar-refractivity contribution in [3.05, 3.63) is 47.1 Å². The van der Waals surface area contributed by atoms with Crippen molar-refractivity contribution in [2.75, 3.05) is 31.1 Å². The number of anilines is 1. The summed E-state index contributed by atoms with van der Waals surface area (Å²) in [7, 11) is 0. The monoisotopic (exact) mass is 340 g/mol. The highest BCUT2D eigenvalue weighted by Gasteiger charge is 2.23. The third-order valence-corrected chi connectivity index (χ3v) is 5.42. The van der Waals surface area contributed by atoms with Crippen LogP contribution in [-0.4, -0.2) is 47.0 Å². The van der Waals surface area contributed by atoms with Crippen molar-refractivity contribution in [2.45, 2.75) is 13.3 Å². The van der Waals surface area contributed by atoms with E-state index in [0.717, 1.165) is 47.8 Å². The van der Waals surface area contributed by atoms with Gasteiger partial charge in [0.05, 0.1) is 6.42 Å². The SMILES string of the molecule is Cc1ccc2c(CC(=O)N3CCN(c4nccs4)CC3)c[nH]c2c1. The van der Waals surface area contributed by atoms with Crippen molar-refractivity contribution in [1.82, 2.24) is 14.9 Å². The van der Waals surface area contributed by atoms with Gasteiger partial charge in [-0.05, 0) is 24.1 Å². The Morgan fingerprint density at radius 1 is 1.29 bits per heavy atom. The molecule has 1 N–H and O–H groups in total. The number of aryl methyl sites for hydroxylation is 1. The molecule has 6 heteroatoms. The highest BCUT2D eigenvalue weighted by molar-refractivity contribution is 7.13. The summed E-state index contributed by atoms with van der Waals surface area (Å²) in [4.78, 5) is 24.5. The Kier molecular flexibility index (Phi) is 3.98. The first kappa shape index (κ1) is 15.2. The molecule has 1 amide bonds. The van der Waals surface area contributed by atoms with Crippen LogP contribution in [-0.2, 0) is 11.2 Å². The second kappa shape index (κ2) is 6.28. The molecule has 0 aliphatic carbocycles. The molecule has 5 nitrogen and oxygen atoms in total. The highest BCUT2D eigenvalue weighted by atomic mass is 32.1. The third kappa shape index (κ3) is 2.89. The van der Waals surface area contributed by atoms with Crippen LogP contribution in [0.3, 0.4) is 0 Å². The van der Waals surface area contributed by atoms with Gasteiger partial charge in [-0.2, -0.15) is 0 Å². The van der Waals surface area contributed by atoms with E-state index in [1.165, 1.54) is 5.56 Å². The van der Waals surface area contributed by atoms with Crippen molar-refractivity contribution in [3.63, 3.8) is 0 Å². The summed E-state index contributed by atoms with van der Waals surface area (Å²) in [5, 5.41) is 4.19. The zero-order chi connectivity index (χ0) is 16.5. The van der Waals surface area contributed by atoms with E-state index in [0.29, 0.717) is 6.42 Å². The van der Waals surface area contributed by atoms with E-state index in [1.54, 1.807) is 11.3 Å². The van der Waals surface area contributed by atoms with Crippen molar-refractivity contribution in [1.29, 1.82) is 0 Å². The van der Waals surface area contributed by atoms with Crippen LogP contribution in [0.1, 0.15) is 11.1 Å². The van der Waals surface area contributed by atoms with Gasteiger partial charge in [-0.1, -0.05) is 12.1 Å². The number of hydrogen-bond donors (Lipinski definition) is 1. The number of H-pyrrole nitrogens is 1.